The van der Waals surface area contributed by atoms with E-state index in [1.807, 2.05) is 7.05 Å². The van der Waals surface area contributed by atoms with E-state index in [4.69, 9.17) is 4.74 Å². The first-order valence-electron chi connectivity index (χ1n) is 7.38. The summed E-state index contributed by atoms with van der Waals surface area (Å²) in [6.45, 7) is 0. The molecule has 1 aliphatic rings. The molecule has 0 atom stereocenters. The summed E-state index contributed by atoms with van der Waals surface area (Å²) in [5.41, 5.74) is 4.96. The van der Waals surface area contributed by atoms with Gasteiger partial charge in [-0.2, -0.15) is 0 Å². The van der Waals surface area contributed by atoms with E-state index in [0.717, 1.165) is 17.8 Å². The van der Waals surface area contributed by atoms with E-state index in [9.17, 15) is 4.39 Å². The van der Waals surface area contributed by atoms with Crippen LogP contribution in [0.3, 0.4) is 0 Å². The molecule has 3 heteroatoms. The normalized spacial score (nSPS) is 13.7. The summed E-state index contributed by atoms with van der Waals surface area (Å²) in [6, 6.07) is 11.6. The second-order valence-electron chi connectivity index (χ2n) is 5.54. The molecule has 3 rings (SSSR count). The van der Waals surface area contributed by atoms with Crippen LogP contribution in [0.2, 0.25) is 0 Å². The Morgan fingerprint density at radius 3 is 2.38 bits per heavy atom. The van der Waals surface area contributed by atoms with Crippen molar-refractivity contribution in [2.45, 2.75) is 25.7 Å². The Bertz CT molecular complexity index is 654. The maximum Gasteiger partial charge on any atom is 0.165 e. The third kappa shape index (κ3) is 2.73. The molecule has 21 heavy (non-hydrogen) atoms. The lowest BCUT2D eigenvalue weighted by atomic mass is 9.91. The van der Waals surface area contributed by atoms with Gasteiger partial charge in [-0.05, 0) is 61.1 Å². The minimum Gasteiger partial charge on any atom is -0.494 e. The topological polar surface area (TPSA) is 12.5 Å². The number of anilines is 2. The molecular weight excluding hydrogens is 265 g/mol. The van der Waals surface area contributed by atoms with E-state index in [2.05, 4.69) is 23.1 Å². The van der Waals surface area contributed by atoms with Gasteiger partial charge in [0.2, 0.25) is 0 Å². The van der Waals surface area contributed by atoms with Gasteiger partial charge in [0.1, 0.15) is 0 Å². The molecule has 0 spiro atoms. The first-order valence-corrected chi connectivity index (χ1v) is 7.38. The van der Waals surface area contributed by atoms with Gasteiger partial charge in [0, 0.05) is 24.5 Å². The maximum absolute atomic E-state index is 13.5. The molecule has 0 aliphatic heterocycles. The Kier molecular flexibility index (Phi) is 3.82. The molecule has 0 radical (unpaired) electrons. The maximum atomic E-state index is 13.5. The molecule has 0 amide bonds. The third-order valence-corrected chi connectivity index (χ3v) is 4.24. The first-order chi connectivity index (χ1) is 10.2. The zero-order valence-corrected chi connectivity index (χ0v) is 12.5. The van der Waals surface area contributed by atoms with Crippen LogP contribution in [0.1, 0.15) is 24.0 Å². The number of nitrogens with zero attached hydrogens (tertiary/aromatic N) is 1. The van der Waals surface area contributed by atoms with Crippen molar-refractivity contribution in [3.05, 3.63) is 53.3 Å². The molecule has 0 unspecified atom stereocenters. The average molecular weight is 285 g/mol. The van der Waals surface area contributed by atoms with Gasteiger partial charge in [0.15, 0.2) is 11.6 Å². The number of halogens is 1. The summed E-state index contributed by atoms with van der Waals surface area (Å²) in [7, 11) is 3.48. The molecule has 0 N–H and O–H groups in total. The SMILES string of the molecule is COc1cc(N(C)c2ccc3c(c2)CCCC3)ccc1F. The molecule has 0 bridgehead atoms. The standard InChI is InChI=1S/C18H20FNO/c1-20(16-9-10-17(19)18(12-16)21-2)15-8-7-13-5-3-4-6-14(13)11-15/h7-12H,3-6H2,1-2H3. The number of benzene rings is 2. The molecule has 0 aromatic heterocycles. The Morgan fingerprint density at radius 1 is 0.952 bits per heavy atom. The summed E-state index contributed by atoms with van der Waals surface area (Å²) < 4.78 is 18.6. The van der Waals surface area contributed by atoms with Gasteiger partial charge in [-0.3, -0.25) is 0 Å². The van der Waals surface area contributed by atoms with Crippen molar-refractivity contribution in [1.29, 1.82) is 0 Å². The zero-order chi connectivity index (χ0) is 14.8. The lowest BCUT2D eigenvalue weighted by molar-refractivity contribution is 0.386. The van der Waals surface area contributed by atoms with Crippen LogP contribution in [0, 0.1) is 5.82 Å². The van der Waals surface area contributed by atoms with Gasteiger partial charge < -0.3 is 9.64 Å². The fourth-order valence-corrected chi connectivity index (χ4v) is 2.93. The minimum absolute atomic E-state index is 0.275. The number of fused-ring (bicyclic) bond motifs is 1. The Labute approximate surface area is 125 Å². The minimum atomic E-state index is -0.333. The monoisotopic (exact) mass is 285 g/mol. The van der Waals surface area contributed by atoms with Crippen molar-refractivity contribution in [3.8, 4) is 5.75 Å². The van der Waals surface area contributed by atoms with Gasteiger partial charge in [-0.1, -0.05) is 6.07 Å². The third-order valence-electron chi connectivity index (χ3n) is 4.24. The molecule has 110 valence electrons. The number of rotatable bonds is 3. The fourth-order valence-electron chi connectivity index (χ4n) is 2.93. The highest BCUT2D eigenvalue weighted by molar-refractivity contribution is 5.65. The summed E-state index contributed by atoms with van der Waals surface area (Å²) in [6.07, 6.45) is 4.90. The van der Waals surface area contributed by atoms with Gasteiger partial charge in [0.05, 0.1) is 7.11 Å². The molecule has 0 saturated heterocycles. The van der Waals surface area contributed by atoms with Crippen LogP contribution in [0.4, 0.5) is 15.8 Å². The molecule has 1 aliphatic carbocycles. The van der Waals surface area contributed by atoms with Gasteiger partial charge in [0.25, 0.3) is 0 Å². The number of aryl methyl sites for hydroxylation is 2. The summed E-state index contributed by atoms with van der Waals surface area (Å²) >= 11 is 0. The Morgan fingerprint density at radius 2 is 1.62 bits per heavy atom. The molecule has 2 aromatic carbocycles. The van der Waals surface area contributed by atoms with E-state index in [-0.39, 0.29) is 11.6 Å². The largest absolute Gasteiger partial charge is 0.494 e. The van der Waals surface area contributed by atoms with E-state index >= 15 is 0 Å². The molecule has 2 aromatic rings. The number of hydrogen-bond acceptors (Lipinski definition) is 2. The summed E-state index contributed by atoms with van der Waals surface area (Å²) in [5, 5.41) is 0. The molecule has 0 saturated carbocycles. The van der Waals surface area contributed by atoms with Crippen LogP contribution in [0.15, 0.2) is 36.4 Å². The fraction of sp³-hybridized carbons (Fsp3) is 0.333. The molecule has 2 nitrogen and oxygen atoms in total. The van der Waals surface area contributed by atoms with Crippen LogP contribution in [-0.4, -0.2) is 14.2 Å². The van der Waals surface area contributed by atoms with Crippen molar-refractivity contribution in [2.24, 2.45) is 0 Å². The van der Waals surface area contributed by atoms with Crippen LogP contribution >= 0.6 is 0 Å². The quantitative estimate of drug-likeness (QED) is 0.824. The molecular formula is C18H20FNO. The van der Waals surface area contributed by atoms with E-state index in [1.165, 1.54) is 43.6 Å². The smallest absolute Gasteiger partial charge is 0.165 e. The lowest BCUT2D eigenvalue weighted by Crippen LogP contribution is -2.11. The summed E-state index contributed by atoms with van der Waals surface area (Å²) in [5.74, 6) is -0.0580. The van der Waals surface area contributed by atoms with Crippen molar-refractivity contribution in [3.63, 3.8) is 0 Å². The highest BCUT2D eigenvalue weighted by atomic mass is 19.1. The second kappa shape index (κ2) is 5.76. The van der Waals surface area contributed by atoms with E-state index in [0.29, 0.717) is 0 Å². The highest BCUT2D eigenvalue weighted by Gasteiger charge is 2.13. The predicted octanol–water partition coefficient (Wildman–Crippen LogP) is 4.48. The van der Waals surface area contributed by atoms with Crippen molar-refractivity contribution in [1.82, 2.24) is 0 Å². The zero-order valence-electron chi connectivity index (χ0n) is 12.5. The van der Waals surface area contributed by atoms with Crippen LogP contribution in [0.5, 0.6) is 5.75 Å². The van der Waals surface area contributed by atoms with Gasteiger partial charge in [-0.15, -0.1) is 0 Å². The van der Waals surface area contributed by atoms with Crippen LogP contribution < -0.4 is 9.64 Å². The van der Waals surface area contributed by atoms with Crippen molar-refractivity contribution >= 4 is 11.4 Å². The number of hydrogen-bond donors (Lipinski definition) is 0. The molecule has 0 fully saturated rings. The van der Waals surface area contributed by atoms with E-state index in [1.54, 1.807) is 12.1 Å². The predicted molar refractivity (Wildman–Crippen MR) is 84.1 cm³/mol. The van der Waals surface area contributed by atoms with Gasteiger partial charge in [-0.25, -0.2) is 4.39 Å². The number of methoxy groups -OCH3 is 1. The van der Waals surface area contributed by atoms with Crippen LogP contribution in [-0.2, 0) is 12.8 Å². The highest BCUT2D eigenvalue weighted by Crippen LogP contribution is 2.31. The van der Waals surface area contributed by atoms with Gasteiger partial charge >= 0.3 is 0 Å². The first kappa shape index (κ1) is 13.9. The lowest BCUT2D eigenvalue weighted by Gasteiger charge is -2.23. The Balaban J connectivity index is 1.92. The number of ether oxygens (including phenoxy) is 1. The second-order valence-corrected chi connectivity index (χ2v) is 5.54. The Hall–Kier alpha value is -2.03. The van der Waals surface area contributed by atoms with Crippen molar-refractivity contribution in [2.75, 3.05) is 19.1 Å². The summed E-state index contributed by atoms with van der Waals surface area (Å²) in [4.78, 5) is 2.07. The van der Waals surface area contributed by atoms with Crippen molar-refractivity contribution < 1.29 is 9.13 Å². The van der Waals surface area contributed by atoms with Crippen LogP contribution in [0.25, 0.3) is 0 Å². The molecule has 0 heterocycles. The average Bonchev–Trinajstić information content (AvgIpc) is 2.54. The van der Waals surface area contributed by atoms with E-state index < -0.39 is 0 Å².